The van der Waals surface area contributed by atoms with E-state index in [0.717, 1.165) is 18.4 Å². The highest BCUT2D eigenvalue weighted by Gasteiger charge is 2.42. The molecule has 0 N–H and O–H groups in total. The first-order valence-electron chi connectivity index (χ1n) is 11.0. The molecule has 170 valence electrons. The number of carbonyl (C=O) groups excluding carboxylic acids is 1. The maximum Gasteiger partial charge on any atom is 0.391 e. The summed E-state index contributed by atoms with van der Waals surface area (Å²) in [5, 5.41) is 4.66. The molecule has 1 unspecified atom stereocenters. The highest BCUT2D eigenvalue weighted by molar-refractivity contribution is 5.94. The second-order valence-corrected chi connectivity index (χ2v) is 8.54. The van der Waals surface area contributed by atoms with E-state index in [1.807, 2.05) is 17.0 Å². The van der Waals surface area contributed by atoms with Crippen LogP contribution in [0.2, 0.25) is 0 Å². The first kappa shape index (κ1) is 22.2. The lowest BCUT2D eigenvalue weighted by molar-refractivity contribution is -0.179. The van der Waals surface area contributed by atoms with E-state index < -0.39 is 12.1 Å². The second kappa shape index (κ2) is 8.85. The first-order valence-corrected chi connectivity index (χ1v) is 11.0. The fourth-order valence-corrected chi connectivity index (χ4v) is 4.57. The fraction of sp³-hybridized carbons (Fsp3) is 0.522. The van der Waals surface area contributed by atoms with E-state index in [4.69, 9.17) is 6.57 Å². The van der Waals surface area contributed by atoms with Crippen molar-refractivity contribution < 1.29 is 18.0 Å². The van der Waals surface area contributed by atoms with Gasteiger partial charge in [-0.3, -0.25) is 9.48 Å². The van der Waals surface area contributed by atoms with Crippen LogP contribution in [0.15, 0.2) is 30.3 Å². The molecule has 6 nitrogen and oxygen atoms in total. The van der Waals surface area contributed by atoms with Gasteiger partial charge in [0.05, 0.1) is 18.5 Å². The number of nitrogens with zero attached hydrogens (tertiary/aromatic N) is 5. The van der Waals surface area contributed by atoms with Crippen molar-refractivity contribution >= 4 is 17.4 Å². The number of anilines is 1. The molecular formula is C23H26F3N5O. The molecule has 1 aromatic heterocycles. The van der Waals surface area contributed by atoms with Gasteiger partial charge in [-0.05, 0) is 24.8 Å². The van der Waals surface area contributed by atoms with Gasteiger partial charge >= 0.3 is 6.18 Å². The Kier molecular flexibility index (Phi) is 6.13. The summed E-state index contributed by atoms with van der Waals surface area (Å²) in [6.45, 7) is 10.7. The molecule has 1 aromatic carbocycles. The van der Waals surface area contributed by atoms with Gasteiger partial charge in [0.2, 0.25) is 0 Å². The molecule has 4 rings (SSSR count). The van der Waals surface area contributed by atoms with Gasteiger partial charge in [-0.2, -0.15) is 18.3 Å². The van der Waals surface area contributed by atoms with E-state index in [0.29, 0.717) is 30.3 Å². The predicted octanol–water partition coefficient (Wildman–Crippen LogP) is 5.21. The van der Waals surface area contributed by atoms with Crippen molar-refractivity contribution in [3.63, 3.8) is 0 Å². The standard InChI is InChI=1S/C23H26F3N5O/c1-3-4-19-15-30(14-16-5-7-18(27-2)8-6-16)22(32)20-13-21(28-31(19)20)29-11-9-17(10-12-29)23(24,25)26/h5-8,13,17,19H,3-4,9-12,14-15H2,1H3. The lowest BCUT2D eigenvalue weighted by Gasteiger charge is -2.34. The summed E-state index contributed by atoms with van der Waals surface area (Å²) in [4.78, 5) is 20.3. The quantitative estimate of drug-likeness (QED) is 0.594. The molecule has 0 saturated carbocycles. The summed E-state index contributed by atoms with van der Waals surface area (Å²) in [6, 6.07) is 8.96. The molecule has 0 spiro atoms. The zero-order chi connectivity index (χ0) is 22.9. The number of benzene rings is 1. The Morgan fingerprint density at radius 2 is 1.88 bits per heavy atom. The largest absolute Gasteiger partial charge is 0.391 e. The van der Waals surface area contributed by atoms with Gasteiger partial charge in [0.25, 0.3) is 5.91 Å². The Morgan fingerprint density at radius 1 is 1.19 bits per heavy atom. The third kappa shape index (κ3) is 4.45. The van der Waals surface area contributed by atoms with Crippen LogP contribution in [0.25, 0.3) is 4.85 Å². The number of amides is 1. The van der Waals surface area contributed by atoms with Crippen molar-refractivity contribution in [2.45, 2.75) is 51.4 Å². The molecule has 0 aliphatic carbocycles. The molecule has 9 heteroatoms. The number of halogens is 3. The van der Waals surface area contributed by atoms with Gasteiger partial charge in [0, 0.05) is 32.2 Å². The Bertz CT molecular complexity index is 1000. The van der Waals surface area contributed by atoms with Gasteiger partial charge in [0.1, 0.15) is 5.69 Å². The molecule has 0 radical (unpaired) electrons. The molecule has 1 atom stereocenters. The fourth-order valence-electron chi connectivity index (χ4n) is 4.57. The van der Waals surface area contributed by atoms with Crippen molar-refractivity contribution in [3.05, 3.63) is 53.0 Å². The van der Waals surface area contributed by atoms with Gasteiger partial charge in [-0.25, -0.2) is 4.85 Å². The van der Waals surface area contributed by atoms with Crippen LogP contribution in [-0.2, 0) is 6.54 Å². The van der Waals surface area contributed by atoms with E-state index in [1.54, 1.807) is 27.8 Å². The monoisotopic (exact) mass is 445 g/mol. The van der Waals surface area contributed by atoms with Crippen LogP contribution in [0.3, 0.4) is 0 Å². The van der Waals surface area contributed by atoms with Crippen LogP contribution in [0.4, 0.5) is 24.7 Å². The molecule has 3 heterocycles. The first-order chi connectivity index (χ1) is 15.3. The summed E-state index contributed by atoms with van der Waals surface area (Å²) in [6.07, 6.45) is -2.28. The smallest absolute Gasteiger partial charge is 0.355 e. The number of aromatic nitrogens is 2. The molecule has 32 heavy (non-hydrogen) atoms. The molecule has 2 aromatic rings. The summed E-state index contributed by atoms with van der Waals surface area (Å²) < 4.78 is 40.8. The highest BCUT2D eigenvalue weighted by Crippen LogP contribution is 2.36. The van der Waals surface area contributed by atoms with Crippen molar-refractivity contribution in [3.8, 4) is 0 Å². The Labute approximate surface area is 185 Å². The molecular weight excluding hydrogens is 419 g/mol. The Balaban J connectivity index is 1.53. The molecule has 1 amide bonds. The van der Waals surface area contributed by atoms with Crippen LogP contribution in [0.5, 0.6) is 0 Å². The number of piperidine rings is 1. The van der Waals surface area contributed by atoms with Crippen molar-refractivity contribution in [1.29, 1.82) is 0 Å². The van der Waals surface area contributed by atoms with E-state index in [2.05, 4.69) is 16.9 Å². The Morgan fingerprint density at radius 3 is 2.47 bits per heavy atom. The van der Waals surface area contributed by atoms with E-state index in [9.17, 15) is 18.0 Å². The maximum absolute atomic E-state index is 13.2. The molecule has 1 fully saturated rings. The summed E-state index contributed by atoms with van der Waals surface area (Å²) in [5.74, 6) is -0.816. The summed E-state index contributed by atoms with van der Waals surface area (Å²) >= 11 is 0. The number of carbonyl (C=O) groups is 1. The summed E-state index contributed by atoms with van der Waals surface area (Å²) in [5.41, 5.74) is 1.99. The van der Waals surface area contributed by atoms with Crippen molar-refractivity contribution in [2.24, 2.45) is 5.92 Å². The van der Waals surface area contributed by atoms with Crippen LogP contribution < -0.4 is 4.90 Å². The van der Waals surface area contributed by atoms with Gasteiger partial charge in [-0.1, -0.05) is 37.6 Å². The zero-order valence-corrected chi connectivity index (χ0v) is 18.0. The van der Waals surface area contributed by atoms with Gasteiger partial charge < -0.3 is 9.80 Å². The number of hydrogen-bond donors (Lipinski definition) is 0. The normalized spacial score (nSPS) is 19.7. The van der Waals surface area contributed by atoms with Gasteiger partial charge in [-0.15, -0.1) is 0 Å². The summed E-state index contributed by atoms with van der Waals surface area (Å²) in [7, 11) is 0. The van der Waals surface area contributed by atoms with Crippen LogP contribution in [0, 0.1) is 12.5 Å². The number of hydrogen-bond acceptors (Lipinski definition) is 3. The second-order valence-electron chi connectivity index (χ2n) is 8.54. The van der Waals surface area contributed by atoms with Crippen LogP contribution >= 0.6 is 0 Å². The third-order valence-electron chi connectivity index (χ3n) is 6.35. The minimum absolute atomic E-state index is 0.0247. The van der Waals surface area contributed by atoms with Crippen molar-refractivity contribution in [1.82, 2.24) is 14.7 Å². The maximum atomic E-state index is 13.2. The predicted molar refractivity (Wildman–Crippen MR) is 115 cm³/mol. The molecule has 0 bridgehead atoms. The highest BCUT2D eigenvalue weighted by atomic mass is 19.4. The third-order valence-corrected chi connectivity index (χ3v) is 6.35. The lowest BCUT2D eigenvalue weighted by atomic mass is 9.96. The average Bonchev–Trinajstić information content (AvgIpc) is 3.23. The topological polar surface area (TPSA) is 45.7 Å². The number of rotatable bonds is 5. The SMILES string of the molecule is [C-]#[N+]c1ccc(CN2CC(CCC)n3nc(N4CCC(C(F)(F)F)CC4)cc3C2=O)cc1. The van der Waals surface area contributed by atoms with E-state index in [1.165, 1.54) is 0 Å². The van der Waals surface area contributed by atoms with Crippen LogP contribution in [-0.4, -0.2) is 46.4 Å². The minimum atomic E-state index is -4.16. The van der Waals surface area contributed by atoms with E-state index >= 15 is 0 Å². The van der Waals surface area contributed by atoms with Crippen LogP contribution in [0.1, 0.15) is 54.7 Å². The van der Waals surface area contributed by atoms with E-state index in [-0.39, 0.29) is 37.9 Å². The number of alkyl halides is 3. The molecule has 2 aliphatic rings. The zero-order valence-electron chi connectivity index (χ0n) is 18.0. The number of fused-ring (bicyclic) bond motifs is 1. The lowest BCUT2D eigenvalue weighted by Crippen LogP contribution is -2.42. The van der Waals surface area contributed by atoms with Gasteiger partial charge in [0.15, 0.2) is 11.5 Å². The molecule has 1 saturated heterocycles. The molecule has 2 aliphatic heterocycles. The minimum Gasteiger partial charge on any atom is -0.355 e. The van der Waals surface area contributed by atoms with Crippen molar-refractivity contribution in [2.75, 3.05) is 24.5 Å². The average molecular weight is 445 g/mol. The Hall–Kier alpha value is -3.02.